The summed E-state index contributed by atoms with van der Waals surface area (Å²) in [6.07, 6.45) is 10.0. The molecule has 1 unspecified atom stereocenters. The first kappa shape index (κ1) is 19.0. The van der Waals surface area contributed by atoms with Gasteiger partial charge in [-0.1, -0.05) is 32.1 Å². The topological polar surface area (TPSA) is 77.0 Å². The van der Waals surface area contributed by atoms with Crippen LogP contribution in [-0.4, -0.2) is 27.0 Å². The molecule has 6 nitrogen and oxygen atoms in total. The van der Waals surface area contributed by atoms with Gasteiger partial charge in [0.25, 0.3) is 0 Å². The molecule has 1 saturated heterocycles. The van der Waals surface area contributed by atoms with Gasteiger partial charge in [-0.05, 0) is 30.0 Å². The smallest absolute Gasteiger partial charge is 0.227 e. The average Bonchev–Trinajstić information content (AvgIpc) is 3.30. The number of hydrogen-bond acceptors (Lipinski definition) is 4. The third kappa shape index (κ3) is 3.13. The van der Waals surface area contributed by atoms with Crippen molar-refractivity contribution < 1.29 is 9.18 Å². The summed E-state index contributed by atoms with van der Waals surface area (Å²) in [5, 5.41) is 0.640. The fraction of sp³-hybridized carbons (Fsp3) is 0.435. The number of halogens is 1. The minimum absolute atomic E-state index is 0.0977. The highest BCUT2D eigenvalue weighted by Gasteiger charge is 2.36. The molecule has 0 radical (unpaired) electrons. The number of anilines is 2. The first-order valence-corrected chi connectivity index (χ1v) is 10.7. The number of nitrogens with two attached hydrogens (primary N) is 1. The van der Waals surface area contributed by atoms with E-state index in [4.69, 9.17) is 5.73 Å². The van der Waals surface area contributed by atoms with Crippen molar-refractivity contribution in [2.45, 2.75) is 38.5 Å². The monoisotopic (exact) mass is 407 g/mol. The van der Waals surface area contributed by atoms with Crippen LogP contribution in [0.25, 0.3) is 22.2 Å². The Hall–Kier alpha value is -2.96. The van der Waals surface area contributed by atoms with E-state index in [0.29, 0.717) is 58.5 Å². The molecule has 3 aromatic rings. The van der Waals surface area contributed by atoms with Crippen LogP contribution in [0.4, 0.5) is 15.9 Å². The summed E-state index contributed by atoms with van der Waals surface area (Å²) in [4.78, 5) is 22.8. The van der Waals surface area contributed by atoms with E-state index in [0.717, 1.165) is 0 Å². The van der Waals surface area contributed by atoms with Crippen molar-refractivity contribution in [3.8, 4) is 11.1 Å². The van der Waals surface area contributed by atoms with Crippen LogP contribution in [0.3, 0.4) is 0 Å². The van der Waals surface area contributed by atoms with Gasteiger partial charge in [-0.15, -0.1) is 0 Å². The summed E-state index contributed by atoms with van der Waals surface area (Å²) >= 11 is 0. The third-order valence-electron chi connectivity index (χ3n) is 6.81. The molecule has 0 bridgehead atoms. The van der Waals surface area contributed by atoms with E-state index < -0.39 is 0 Å². The Morgan fingerprint density at radius 1 is 1.10 bits per heavy atom. The molecule has 1 atom stereocenters. The number of rotatable bonds is 3. The summed E-state index contributed by atoms with van der Waals surface area (Å²) in [5.74, 6) is 1.05. The Morgan fingerprint density at radius 2 is 1.90 bits per heavy atom. The van der Waals surface area contributed by atoms with E-state index in [2.05, 4.69) is 9.97 Å². The minimum Gasteiger partial charge on any atom is -0.383 e. The summed E-state index contributed by atoms with van der Waals surface area (Å²) in [6.45, 7) is 0.692. The Morgan fingerprint density at radius 3 is 2.67 bits per heavy atom. The zero-order valence-electron chi connectivity index (χ0n) is 17.1. The van der Waals surface area contributed by atoms with E-state index in [9.17, 15) is 4.79 Å². The van der Waals surface area contributed by atoms with Crippen molar-refractivity contribution in [3.05, 3.63) is 36.5 Å². The van der Waals surface area contributed by atoms with Crippen LogP contribution in [-0.2, 0) is 11.8 Å². The molecule has 5 rings (SSSR count). The highest BCUT2D eigenvalue weighted by atomic mass is 19.1. The first-order valence-electron chi connectivity index (χ1n) is 10.7. The SMILES string of the molecule is Cn1cc(-c2ccc(N3CC(C4CCCCC4)CC3=O)cc2F)c2c(N)ncnc21. The van der Waals surface area contributed by atoms with Crippen LogP contribution in [0, 0.1) is 17.7 Å². The second kappa shape index (κ2) is 7.38. The number of nitrogens with zero attached hydrogens (tertiary/aromatic N) is 4. The molecule has 0 spiro atoms. The molecule has 1 aliphatic heterocycles. The van der Waals surface area contributed by atoms with Gasteiger partial charge < -0.3 is 15.2 Å². The van der Waals surface area contributed by atoms with Gasteiger partial charge in [0.2, 0.25) is 5.91 Å². The van der Waals surface area contributed by atoms with Gasteiger partial charge in [-0.3, -0.25) is 4.79 Å². The Bertz CT molecular complexity index is 1120. The van der Waals surface area contributed by atoms with Crippen molar-refractivity contribution in [1.82, 2.24) is 14.5 Å². The summed E-state index contributed by atoms with van der Waals surface area (Å²) in [5.41, 5.74) is 8.43. The molecule has 1 aromatic carbocycles. The lowest BCUT2D eigenvalue weighted by atomic mass is 9.79. The lowest BCUT2D eigenvalue weighted by Gasteiger charge is -2.27. The van der Waals surface area contributed by atoms with Crippen molar-refractivity contribution in [3.63, 3.8) is 0 Å². The second-order valence-electron chi connectivity index (χ2n) is 8.64. The van der Waals surface area contributed by atoms with Gasteiger partial charge in [-0.2, -0.15) is 0 Å². The number of carbonyl (C=O) groups is 1. The van der Waals surface area contributed by atoms with Gasteiger partial charge in [0.1, 0.15) is 23.6 Å². The number of aromatic nitrogens is 3. The number of hydrogen-bond donors (Lipinski definition) is 1. The Kier molecular flexibility index (Phi) is 4.68. The number of nitrogen functional groups attached to an aromatic ring is 1. The fourth-order valence-electron chi connectivity index (χ4n) is 5.24. The second-order valence-corrected chi connectivity index (χ2v) is 8.64. The highest BCUT2D eigenvalue weighted by Crippen LogP contribution is 2.39. The molecule has 2 aliphatic rings. The fourth-order valence-corrected chi connectivity index (χ4v) is 5.24. The molecule has 2 N–H and O–H groups in total. The molecule has 1 saturated carbocycles. The molecule has 3 heterocycles. The van der Waals surface area contributed by atoms with Gasteiger partial charge in [0.15, 0.2) is 0 Å². The lowest BCUT2D eigenvalue weighted by molar-refractivity contribution is -0.117. The van der Waals surface area contributed by atoms with E-state index in [1.54, 1.807) is 11.0 Å². The van der Waals surface area contributed by atoms with E-state index in [1.165, 1.54) is 44.5 Å². The van der Waals surface area contributed by atoms with E-state index in [1.807, 2.05) is 23.9 Å². The van der Waals surface area contributed by atoms with Gasteiger partial charge in [0, 0.05) is 43.0 Å². The zero-order valence-corrected chi connectivity index (χ0v) is 17.1. The molecule has 1 amide bonds. The largest absolute Gasteiger partial charge is 0.383 e. The number of fused-ring (bicyclic) bond motifs is 1. The molecule has 2 fully saturated rings. The zero-order chi connectivity index (χ0) is 20.8. The molecule has 156 valence electrons. The predicted octanol–water partition coefficient (Wildman–Crippen LogP) is 4.29. The molecule has 7 heteroatoms. The van der Waals surface area contributed by atoms with E-state index >= 15 is 4.39 Å². The molecule has 30 heavy (non-hydrogen) atoms. The normalized spacial score (nSPS) is 20.4. The van der Waals surface area contributed by atoms with Crippen molar-refractivity contribution in [2.75, 3.05) is 17.2 Å². The highest BCUT2D eigenvalue weighted by molar-refractivity contribution is 6.01. The minimum atomic E-state index is -0.378. The maximum atomic E-state index is 15.2. The molecular formula is C23H26FN5O. The van der Waals surface area contributed by atoms with E-state index in [-0.39, 0.29) is 11.7 Å². The Labute approximate surface area is 174 Å². The van der Waals surface area contributed by atoms with Gasteiger partial charge in [0.05, 0.1) is 5.39 Å². The number of amides is 1. The van der Waals surface area contributed by atoms with Crippen molar-refractivity contribution in [2.24, 2.45) is 18.9 Å². The molecule has 2 aromatic heterocycles. The molecular weight excluding hydrogens is 381 g/mol. The quantitative estimate of drug-likeness (QED) is 0.703. The average molecular weight is 407 g/mol. The summed E-state index contributed by atoms with van der Waals surface area (Å²) in [7, 11) is 1.85. The number of benzene rings is 1. The van der Waals surface area contributed by atoms with Crippen LogP contribution in [0.1, 0.15) is 38.5 Å². The van der Waals surface area contributed by atoms with Gasteiger partial charge >= 0.3 is 0 Å². The standard InChI is InChI=1S/C23H26FN5O/c1-28-12-18(21-22(25)26-13-27-23(21)28)17-8-7-16(10-19(17)24)29-11-15(9-20(29)30)14-5-3-2-4-6-14/h7-8,10,12-15H,2-6,9,11H2,1H3,(H2,25,26,27). The van der Waals surface area contributed by atoms with Crippen LogP contribution >= 0.6 is 0 Å². The first-order chi connectivity index (χ1) is 14.5. The van der Waals surface area contributed by atoms with Crippen molar-refractivity contribution >= 4 is 28.4 Å². The van der Waals surface area contributed by atoms with Gasteiger partial charge in [-0.25, -0.2) is 14.4 Å². The summed E-state index contributed by atoms with van der Waals surface area (Å²) in [6, 6.07) is 5.03. The number of aryl methyl sites for hydroxylation is 1. The maximum Gasteiger partial charge on any atom is 0.227 e. The maximum absolute atomic E-state index is 15.2. The van der Waals surface area contributed by atoms with Crippen LogP contribution in [0.5, 0.6) is 0 Å². The Balaban J connectivity index is 1.45. The number of carbonyl (C=O) groups excluding carboxylic acids is 1. The molecule has 1 aliphatic carbocycles. The van der Waals surface area contributed by atoms with Crippen LogP contribution in [0.2, 0.25) is 0 Å². The predicted molar refractivity (Wildman–Crippen MR) is 115 cm³/mol. The van der Waals surface area contributed by atoms with Crippen LogP contribution in [0.15, 0.2) is 30.7 Å². The summed E-state index contributed by atoms with van der Waals surface area (Å²) < 4.78 is 17.0. The lowest BCUT2D eigenvalue weighted by Crippen LogP contribution is -2.26. The third-order valence-corrected chi connectivity index (χ3v) is 6.81. The van der Waals surface area contributed by atoms with Crippen LogP contribution < -0.4 is 10.6 Å². The van der Waals surface area contributed by atoms with Crippen molar-refractivity contribution in [1.29, 1.82) is 0 Å².